The van der Waals surface area contributed by atoms with Gasteiger partial charge in [0, 0.05) is 29.9 Å². The minimum absolute atomic E-state index is 0.133. The summed E-state index contributed by atoms with van der Waals surface area (Å²) >= 11 is 2.93. The van der Waals surface area contributed by atoms with Crippen LogP contribution in [-0.2, 0) is 11.3 Å². The molecule has 1 amide bonds. The Kier molecular flexibility index (Phi) is 4.83. The number of thiazole rings is 1. The van der Waals surface area contributed by atoms with Gasteiger partial charge in [0.25, 0.3) is 0 Å². The third-order valence-corrected chi connectivity index (χ3v) is 6.39. The molecule has 4 aromatic rings. The number of anilines is 1. The van der Waals surface area contributed by atoms with Crippen LogP contribution in [0.15, 0.2) is 34.9 Å². The normalized spacial score (nSPS) is 12.6. The summed E-state index contributed by atoms with van der Waals surface area (Å²) in [6, 6.07) is 5.33. The molecule has 0 fully saturated rings. The Bertz CT molecular complexity index is 1240. The average Bonchev–Trinajstić information content (AvgIpc) is 3.49. The van der Waals surface area contributed by atoms with Crippen LogP contribution in [0.25, 0.3) is 16.5 Å². The molecule has 1 N–H and O–H groups in total. The largest absolute Gasteiger partial charge is 0.454 e. The number of amides is 1. The molecule has 154 valence electrons. The molecule has 0 atom stereocenters. The Morgan fingerprint density at radius 3 is 3.03 bits per heavy atom. The van der Waals surface area contributed by atoms with Crippen LogP contribution >= 0.6 is 23.1 Å². The molecule has 0 aliphatic carbocycles. The standard InChI is InChI=1S/C19H18N6O3S2/c1-3-24-17(16-11(2)20-18-25(16)6-7-29-18)22-23-19(24)30-9-15(26)21-12-4-5-13-14(8-12)28-10-27-13/h4-8H,3,9-10H2,1-2H3,(H,21,26). The molecule has 4 heterocycles. The number of imidazole rings is 1. The van der Waals surface area contributed by atoms with E-state index in [4.69, 9.17) is 9.47 Å². The van der Waals surface area contributed by atoms with Crippen LogP contribution in [0.4, 0.5) is 5.69 Å². The fourth-order valence-corrected chi connectivity index (χ4v) is 4.88. The van der Waals surface area contributed by atoms with Gasteiger partial charge in [-0.05, 0) is 26.0 Å². The summed E-state index contributed by atoms with van der Waals surface area (Å²) in [5.41, 5.74) is 2.50. The van der Waals surface area contributed by atoms with Gasteiger partial charge < -0.3 is 19.4 Å². The number of rotatable bonds is 6. The summed E-state index contributed by atoms with van der Waals surface area (Å²) in [7, 11) is 0. The van der Waals surface area contributed by atoms with Crippen LogP contribution in [0.5, 0.6) is 11.5 Å². The maximum Gasteiger partial charge on any atom is 0.234 e. The number of thioether (sulfide) groups is 1. The van der Waals surface area contributed by atoms with E-state index in [0.29, 0.717) is 28.9 Å². The lowest BCUT2D eigenvalue weighted by molar-refractivity contribution is -0.113. The predicted molar refractivity (Wildman–Crippen MR) is 114 cm³/mol. The van der Waals surface area contributed by atoms with Crippen LogP contribution in [0, 0.1) is 6.92 Å². The van der Waals surface area contributed by atoms with Crippen LogP contribution in [0.3, 0.4) is 0 Å². The predicted octanol–water partition coefficient (Wildman–Crippen LogP) is 3.44. The molecule has 30 heavy (non-hydrogen) atoms. The van der Waals surface area contributed by atoms with Crippen molar-refractivity contribution in [2.75, 3.05) is 17.9 Å². The zero-order valence-electron chi connectivity index (χ0n) is 16.3. The summed E-state index contributed by atoms with van der Waals surface area (Å²) in [4.78, 5) is 18.0. The van der Waals surface area contributed by atoms with Crippen LogP contribution < -0.4 is 14.8 Å². The topological polar surface area (TPSA) is 95.6 Å². The molecular formula is C19H18N6O3S2. The molecule has 1 aliphatic heterocycles. The number of benzene rings is 1. The number of nitrogens with one attached hydrogen (secondary N) is 1. The molecule has 3 aromatic heterocycles. The molecule has 0 spiro atoms. The van der Waals surface area contributed by atoms with Crippen molar-refractivity contribution < 1.29 is 14.3 Å². The summed E-state index contributed by atoms with van der Waals surface area (Å²) in [5, 5.41) is 14.3. The monoisotopic (exact) mass is 442 g/mol. The van der Waals surface area contributed by atoms with E-state index in [1.165, 1.54) is 11.8 Å². The van der Waals surface area contributed by atoms with Gasteiger partial charge in [-0.1, -0.05) is 11.8 Å². The number of hydrogen-bond donors (Lipinski definition) is 1. The van der Waals surface area contributed by atoms with Crippen molar-refractivity contribution in [2.45, 2.75) is 25.5 Å². The minimum atomic E-state index is -0.133. The zero-order chi connectivity index (χ0) is 20.7. The van der Waals surface area contributed by atoms with E-state index in [2.05, 4.69) is 20.5 Å². The van der Waals surface area contributed by atoms with Crippen molar-refractivity contribution in [2.24, 2.45) is 0 Å². The summed E-state index contributed by atoms with van der Waals surface area (Å²) in [5.74, 6) is 2.14. The van der Waals surface area contributed by atoms with Gasteiger partial charge >= 0.3 is 0 Å². The van der Waals surface area contributed by atoms with Crippen molar-refractivity contribution in [3.05, 3.63) is 35.5 Å². The quantitative estimate of drug-likeness (QED) is 0.457. The molecule has 9 nitrogen and oxygen atoms in total. The third-order valence-electron chi connectivity index (χ3n) is 4.67. The fourth-order valence-electron chi connectivity index (χ4n) is 3.32. The summed E-state index contributed by atoms with van der Waals surface area (Å²) in [6.07, 6.45) is 1.98. The zero-order valence-corrected chi connectivity index (χ0v) is 17.9. The average molecular weight is 443 g/mol. The second-order valence-corrected chi connectivity index (χ2v) is 8.37. The van der Waals surface area contributed by atoms with E-state index in [1.807, 2.05) is 34.4 Å². The number of aromatic nitrogens is 5. The molecule has 5 rings (SSSR count). The van der Waals surface area contributed by atoms with Crippen molar-refractivity contribution in [3.63, 3.8) is 0 Å². The molecule has 0 saturated heterocycles. The van der Waals surface area contributed by atoms with Crippen molar-refractivity contribution >= 4 is 39.7 Å². The second kappa shape index (κ2) is 7.65. The first-order valence-corrected chi connectivity index (χ1v) is 11.2. The number of carbonyl (C=O) groups excluding carboxylic acids is 1. The molecule has 1 aliphatic rings. The number of ether oxygens (including phenoxy) is 2. The molecule has 0 unspecified atom stereocenters. The fraction of sp³-hybridized carbons (Fsp3) is 0.263. The van der Waals surface area contributed by atoms with Gasteiger partial charge in [-0.15, -0.1) is 21.5 Å². The van der Waals surface area contributed by atoms with Crippen molar-refractivity contribution in [3.8, 4) is 23.0 Å². The molecule has 0 radical (unpaired) electrons. The van der Waals surface area contributed by atoms with Gasteiger partial charge in [0.05, 0.1) is 11.4 Å². The van der Waals surface area contributed by atoms with E-state index in [9.17, 15) is 4.79 Å². The Labute approximate surface area is 180 Å². The number of aryl methyl sites for hydroxylation is 1. The number of nitrogens with zero attached hydrogens (tertiary/aromatic N) is 5. The molecule has 1 aromatic carbocycles. The maximum atomic E-state index is 12.4. The summed E-state index contributed by atoms with van der Waals surface area (Å²) < 4.78 is 14.7. The lowest BCUT2D eigenvalue weighted by Crippen LogP contribution is -2.14. The van der Waals surface area contributed by atoms with E-state index in [-0.39, 0.29) is 18.5 Å². The lowest BCUT2D eigenvalue weighted by atomic mass is 10.3. The number of carbonyl (C=O) groups is 1. The Hall–Kier alpha value is -3.05. The Balaban J connectivity index is 1.31. The first-order chi connectivity index (χ1) is 14.6. The molecular weight excluding hydrogens is 424 g/mol. The van der Waals surface area contributed by atoms with Gasteiger partial charge in [-0.2, -0.15) is 0 Å². The van der Waals surface area contributed by atoms with Crippen LogP contribution in [0.1, 0.15) is 12.6 Å². The van der Waals surface area contributed by atoms with E-state index < -0.39 is 0 Å². The Morgan fingerprint density at radius 2 is 2.17 bits per heavy atom. The third kappa shape index (κ3) is 3.29. The van der Waals surface area contributed by atoms with Gasteiger partial charge in [0.2, 0.25) is 12.7 Å². The van der Waals surface area contributed by atoms with Crippen molar-refractivity contribution in [1.29, 1.82) is 0 Å². The minimum Gasteiger partial charge on any atom is -0.454 e. The van der Waals surface area contributed by atoms with E-state index in [1.54, 1.807) is 29.5 Å². The first-order valence-electron chi connectivity index (χ1n) is 9.32. The molecule has 0 bridgehead atoms. The number of hydrogen-bond acceptors (Lipinski definition) is 8. The van der Waals surface area contributed by atoms with Crippen LogP contribution in [-0.4, -0.2) is 42.6 Å². The highest BCUT2D eigenvalue weighted by Crippen LogP contribution is 2.34. The van der Waals surface area contributed by atoms with Gasteiger partial charge in [-0.3, -0.25) is 9.20 Å². The van der Waals surface area contributed by atoms with E-state index in [0.717, 1.165) is 22.2 Å². The lowest BCUT2D eigenvalue weighted by Gasteiger charge is -2.08. The smallest absolute Gasteiger partial charge is 0.234 e. The highest BCUT2D eigenvalue weighted by Gasteiger charge is 2.21. The second-order valence-electron chi connectivity index (χ2n) is 6.56. The maximum absolute atomic E-state index is 12.4. The summed E-state index contributed by atoms with van der Waals surface area (Å²) in [6.45, 7) is 4.89. The van der Waals surface area contributed by atoms with E-state index >= 15 is 0 Å². The number of fused-ring (bicyclic) bond motifs is 2. The first kappa shape index (κ1) is 18.9. The van der Waals surface area contributed by atoms with Crippen LogP contribution in [0.2, 0.25) is 0 Å². The van der Waals surface area contributed by atoms with Crippen molar-refractivity contribution in [1.82, 2.24) is 24.1 Å². The highest BCUT2D eigenvalue weighted by atomic mass is 32.2. The van der Waals surface area contributed by atoms with Gasteiger partial charge in [0.1, 0.15) is 5.69 Å². The van der Waals surface area contributed by atoms with Gasteiger partial charge in [-0.25, -0.2) is 4.98 Å². The van der Waals surface area contributed by atoms with Gasteiger partial charge in [0.15, 0.2) is 27.4 Å². The highest BCUT2D eigenvalue weighted by molar-refractivity contribution is 7.99. The molecule has 11 heteroatoms. The SMILES string of the molecule is CCn1c(SCC(=O)Nc2ccc3c(c2)OCO3)nnc1-c1c(C)nc2sccn12. The molecule has 0 saturated carbocycles. The Morgan fingerprint density at radius 1 is 1.30 bits per heavy atom.